The number of hydrogen-bond acceptors (Lipinski definition) is 4. The van der Waals surface area contributed by atoms with Gasteiger partial charge in [-0.15, -0.1) is 0 Å². The van der Waals surface area contributed by atoms with E-state index in [0.29, 0.717) is 5.75 Å². The highest BCUT2D eigenvalue weighted by atomic mass is 19.1. The van der Waals surface area contributed by atoms with Crippen molar-refractivity contribution in [3.05, 3.63) is 29.6 Å². The predicted molar refractivity (Wildman–Crippen MR) is 86.4 cm³/mol. The lowest BCUT2D eigenvalue weighted by atomic mass is 10.1. The summed E-state index contributed by atoms with van der Waals surface area (Å²) in [6.45, 7) is 4.58. The lowest BCUT2D eigenvalue weighted by molar-refractivity contribution is -0.0942. The van der Waals surface area contributed by atoms with Crippen molar-refractivity contribution in [2.45, 2.75) is 37.9 Å². The molecule has 0 amide bonds. The Morgan fingerprint density at radius 1 is 1.26 bits per heavy atom. The molecule has 1 aromatic carbocycles. The number of rotatable bonds is 6. The SMILES string of the molecule is COc1ccc(CCCN2CCO[C@@H]([C@@H]3CCCO3)C2)cc1F. The molecular weight excluding hydrogens is 297 g/mol. The van der Waals surface area contributed by atoms with Gasteiger partial charge in [0.05, 0.1) is 25.9 Å². The van der Waals surface area contributed by atoms with E-state index in [2.05, 4.69) is 4.90 Å². The van der Waals surface area contributed by atoms with E-state index < -0.39 is 0 Å². The number of morpholine rings is 1. The van der Waals surface area contributed by atoms with Crippen molar-refractivity contribution in [1.82, 2.24) is 4.90 Å². The van der Waals surface area contributed by atoms with Gasteiger partial charge in [0.1, 0.15) is 0 Å². The van der Waals surface area contributed by atoms with E-state index in [0.717, 1.165) is 64.1 Å². The second kappa shape index (κ2) is 8.08. The molecule has 0 radical (unpaired) electrons. The Morgan fingerprint density at radius 2 is 2.13 bits per heavy atom. The minimum atomic E-state index is -0.283. The zero-order valence-corrected chi connectivity index (χ0v) is 13.8. The predicted octanol–water partition coefficient (Wildman–Crippen LogP) is 2.65. The van der Waals surface area contributed by atoms with E-state index in [9.17, 15) is 4.39 Å². The van der Waals surface area contributed by atoms with Gasteiger partial charge in [-0.3, -0.25) is 4.90 Å². The monoisotopic (exact) mass is 323 g/mol. The Hall–Kier alpha value is -1.17. The zero-order chi connectivity index (χ0) is 16.1. The van der Waals surface area contributed by atoms with Gasteiger partial charge in [0.15, 0.2) is 11.6 Å². The second-order valence-electron chi connectivity index (χ2n) is 6.33. The Balaban J connectivity index is 1.43. The highest BCUT2D eigenvalue weighted by Gasteiger charge is 2.30. The molecule has 0 spiro atoms. The van der Waals surface area contributed by atoms with Crippen LogP contribution >= 0.6 is 0 Å². The van der Waals surface area contributed by atoms with Gasteiger partial charge < -0.3 is 14.2 Å². The van der Waals surface area contributed by atoms with E-state index in [1.807, 2.05) is 6.07 Å². The molecule has 2 aliphatic rings. The highest BCUT2D eigenvalue weighted by molar-refractivity contribution is 5.29. The van der Waals surface area contributed by atoms with E-state index >= 15 is 0 Å². The largest absolute Gasteiger partial charge is 0.494 e. The van der Waals surface area contributed by atoms with Gasteiger partial charge in [-0.05, 0) is 49.9 Å². The van der Waals surface area contributed by atoms with E-state index in [1.54, 1.807) is 12.1 Å². The summed E-state index contributed by atoms with van der Waals surface area (Å²) in [6.07, 6.45) is 4.64. The molecule has 0 unspecified atom stereocenters. The first-order valence-corrected chi connectivity index (χ1v) is 8.54. The van der Waals surface area contributed by atoms with Crippen LogP contribution in [0.3, 0.4) is 0 Å². The van der Waals surface area contributed by atoms with Gasteiger partial charge in [0.25, 0.3) is 0 Å². The lowest BCUT2D eigenvalue weighted by Crippen LogP contribution is -2.47. The Morgan fingerprint density at radius 3 is 2.87 bits per heavy atom. The van der Waals surface area contributed by atoms with Crippen LogP contribution in [0.4, 0.5) is 4.39 Å². The normalized spacial score (nSPS) is 25.7. The van der Waals surface area contributed by atoms with Crippen molar-refractivity contribution in [1.29, 1.82) is 0 Å². The molecule has 2 heterocycles. The quantitative estimate of drug-likeness (QED) is 0.805. The molecule has 3 rings (SSSR count). The van der Waals surface area contributed by atoms with Crippen LogP contribution in [0.25, 0.3) is 0 Å². The molecule has 2 saturated heterocycles. The lowest BCUT2D eigenvalue weighted by Gasteiger charge is -2.35. The van der Waals surface area contributed by atoms with E-state index in [-0.39, 0.29) is 18.0 Å². The second-order valence-corrected chi connectivity index (χ2v) is 6.33. The Labute approximate surface area is 137 Å². The number of aryl methyl sites for hydroxylation is 1. The van der Waals surface area contributed by atoms with Crippen molar-refractivity contribution >= 4 is 0 Å². The Bertz CT molecular complexity index is 505. The van der Waals surface area contributed by atoms with E-state index in [4.69, 9.17) is 14.2 Å². The van der Waals surface area contributed by atoms with Crippen molar-refractivity contribution in [3.63, 3.8) is 0 Å². The fourth-order valence-electron chi connectivity index (χ4n) is 3.43. The van der Waals surface area contributed by atoms with Gasteiger partial charge in [0, 0.05) is 19.7 Å². The van der Waals surface area contributed by atoms with Crippen LogP contribution in [0, 0.1) is 5.82 Å². The molecule has 1 aromatic rings. The molecule has 5 heteroatoms. The van der Waals surface area contributed by atoms with Crippen LogP contribution in [0.15, 0.2) is 18.2 Å². The van der Waals surface area contributed by atoms with Crippen LogP contribution in [0.1, 0.15) is 24.8 Å². The summed E-state index contributed by atoms with van der Waals surface area (Å²) in [6, 6.07) is 5.22. The number of methoxy groups -OCH3 is 1. The van der Waals surface area contributed by atoms with Gasteiger partial charge in [-0.1, -0.05) is 6.07 Å². The average molecular weight is 323 g/mol. The summed E-state index contributed by atoms with van der Waals surface area (Å²) in [4.78, 5) is 2.44. The van der Waals surface area contributed by atoms with Crippen LogP contribution in [-0.2, 0) is 15.9 Å². The molecule has 4 nitrogen and oxygen atoms in total. The minimum Gasteiger partial charge on any atom is -0.494 e. The van der Waals surface area contributed by atoms with Gasteiger partial charge >= 0.3 is 0 Å². The number of halogens is 1. The smallest absolute Gasteiger partial charge is 0.165 e. The molecule has 0 aromatic heterocycles. The first kappa shape index (κ1) is 16.7. The van der Waals surface area contributed by atoms with Gasteiger partial charge in [0.2, 0.25) is 0 Å². The van der Waals surface area contributed by atoms with Crippen LogP contribution < -0.4 is 4.74 Å². The third-order valence-electron chi connectivity index (χ3n) is 4.71. The molecular formula is C18H26FNO3. The van der Waals surface area contributed by atoms with Gasteiger partial charge in [-0.2, -0.15) is 0 Å². The van der Waals surface area contributed by atoms with Crippen LogP contribution in [-0.4, -0.2) is 57.1 Å². The maximum Gasteiger partial charge on any atom is 0.165 e. The minimum absolute atomic E-state index is 0.213. The first-order chi connectivity index (χ1) is 11.3. The van der Waals surface area contributed by atoms with Gasteiger partial charge in [-0.25, -0.2) is 4.39 Å². The fourth-order valence-corrected chi connectivity index (χ4v) is 3.43. The maximum absolute atomic E-state index is 13.7. The van der Waals surface area contributed by atoms with Crippen LogP contribution in [0.5, 0.6) is 5.75 Å². The summed E-state index contributed by atoms with van der Waals surface area (Å²) >= 11 is 0. The van der Waals surface area contributed by atoms with Crippen molar-refractivity contribution < 1.29 is 18.6 Å². The molecule has 23 heavy (non-hydrogen) atoms. The van der Waals surface area contributed by atoms with Crippen molar-refractivity contribution in [3.8, 4) is 5.75 Å². The summed E-state index contributed by atoms with van der Waals surface area (Å²) in [7, 11) is 1.49. The summed E-state index contributed by atoms with van der Waals surface area (Å²) in [5, 5.41) is 0. The third kappa shape index (κ3) is 4.43. The zero-order valence-electron chi connectivity index (χ0n) is 13.8. The molecule has 2 aliphatic heterocycles. The van der Waals surface area contributed by atoms with Crippen molar-refractivity contribution in [2.75, 3.05) is 40.0 Å². The average Bonchev–Trinajstić information content (AvgIpc) is 3.10. The van der Waals surface area contributed by atoms with Crippen molar-refractivity contribution in [2.24, 2.45) is 0 Å². The number of nitrogens with zero attached hydrogens (tertiary/aromatic N) is 1. The first-order valence-electron chi connectivity index (χ1n) is 8.54. The topological polar surface area (TPSA) is 30.9 Å². The fraction of sp³-hybridized carbons (Fsp3) is 0.667. The molecule has 2 fully saturated rings. The number of benzene rings is 1. The summed E-state index contributed by atoms with van der Waals surface area (Å²) in [5.74, 6) is 0.0242. The molecule has 128 valence electrons. The molecule has 0 bridgehead atoms. The molecule has 0 N–H and O–H groups in total. The molecule has 0 aliphatic carbocycles. The number of hydrogen-bond donors (Lipinski definition) is 0. The molecule has 0 saturated carbocycles. The van der Waals surface area contributed by atoms with E-state index in [1.165, 1.54) is 7.11 Å². The highest BCUT2D eigenvalue weighted by Crippen LogP contribution is 2.22. The molecule has 2 atom stereocenters. The Kier molecular flexibility index (Phi) is 5.86. The standard InChI is InChI=1S/C18H26FNO3/c1-21-16-7-6-14(12-15(16)19)4-2-8-20-9-11-23-18(13-20)17-5-3-10-22-17/h6-7,12,17-18H,2-5,8-11,13H2,1H3/t17-,18+/m0/s1. The summed E-state index contributed by atoms with van der Waals surface area (Å²) in [5.41, 5.74) is 1.02. The number of ether oxygens (including phenoxy) is 3. The maximum atomic E-state index is 13.7. The third-order valence-corrected chi connectivity index (χ3v) is 4.71. The summed E-state index contributed by atoms with van der Waals surface area (Å²) < 4.78 is 30.3. The van der Waals surface area contributed by atoms with Crippen LogP contribution in [0.2, 0.25) is 0 Å².